The molecule has 0 aromatic rings. The van der Waals surface area contributed by atoms with E-state index in [1.807, 2.05) is 34.6 Å². The minimum absolute atomic E-state index is 0. The first-order valence-electron chi connectivity index (χ1n) is 10.0. The van der Waals surface area contributed by atoms with Crippen LogP contribution in [0.3, 0.4) is 0 Å². The van der Waals surface area contributed by atoms with Crippen LogP contribution >= 0.6 is 24.0 Å². The van der Waals surface area contributed by atoms with E-state index < -0.39 is 15.6 Å². The summed E-state index contributed by atoms with van der Waals surface area (Å²) in [6, 6.07) is 0. The second-order valence-electron chi connectivity index (χ2n) is 7.22. The Balaban J connectivity index is 0.00000729. The first-order valence-corrected chi connectivity index (χ1v) is 11.6. The second-order valence-corrected chi connectivity index (χ2v) is 9.31. The molecule has 1 rings (SSSR count). The molecule has 0 unspecified atom stereocenters. The molecule has 1 fully saturated rings. The van der Waals surface area contributed by atoms with Gasteiger partial charge in [0.15, 0.2) is 5.96 Å². The molecular formula is C18H39IN4O4S. The number of piperazine rings is 1. The van der Waals surface area contributed by atoms with E-state index in [1.54, 1.807) is 0 Å². The number of nitrogens with one attached hydrogen (secondary N) is 1. The summed E-state index contributed by atoms with van der Waals surface area (Å²) in [6.45, 7) is 13.0. The molecule has 0 aromatic heterocycles. The van der Waals surface area contributed by atoms with E-state index >= 15 is 0 Å². The Hall–Kier alpha value is -0.170. The molecule has 0 bridgehead atoms. The number of hydrogen-bond acceptors (Lipinski definition) is 5. The number of ether oxygens (including phenoxy) is 1. The van der Waals surface area contributed by atoms with Crippen molar-refractivity contribution >= 4 is 40.0 Å². The van der Waals surface area contributed by atoms with Gasteiger partial charge in [0.25, 0.3) is 0 Å². The second kappa shape index (κ2) is 13.2. The van der Waals surface area contributed by atoms with E-state index in [1.165, 1.54) is 4.31 Å². The predicted octanol–water partition coefficient (Wildman–Crippen LogP) is 1.49. The minimum atomic E-state index is -3.30. The Morgan fingerprint density at radius 1 is 1.18 bits per heavy atom. The van der Waals surface area contributed by atoms with Crippen molar-refractivity contribution in [3.05, 3.63) is 0 Å². The van der Waals surface area contributed by atoms with E-state index in [9.17, 15) is 13.5 Å². The van der Waals surface area contributed by atoms with E-state index in [0.29, 0.717) is 45.6 Å². The van der Waals surface area contributed by atoms with Crippen LogP contribution in [-0.2, 0) is 14.8 Å². The van der Waals surface area contributed by atoms with Crippen LogP contribution < -0.4 is 5.32 Å². The summed E-state index contributed by atoms with van der Waals surface area (Å²) < 4.78 is 31.8. The molecule has 1 heterocycles. The van der Waals surface area contributed by atoms with Crippen LogP contribution in [0, 0.1) is 0 Å². The molecule has 2 N–H and O–H groups in total. The highest BCUT2D eigenvalue weighted by atomic mass is 127. The van der Waals surface area contributed by atoms with Gasteiger partial charge in [-0.25, -0.2) is 8.42 Å². The summed E-state index contributed by atoms with van der Waals surface area (Å²) >= 11 is 0. The highest BCUT2D eigenvalue weighted by Gasteiger charge is 2.29. The van der Waals surface area contributed by atoms with E-state index in [2.05, 4.69) is 15.2 Å². The lowest BCUT2D eigenvalue weighted by Gasteiger charge is -2.36. The predicted molar refractivity (Wildman–Crippen MR) is 125 cm³/mol. The van der Waals surface area contributed by atoms with Gasteiger partial charge in [-0.3, -0.25) is 4.99 Å². The summed E-state index contributed by atoms with van der Waals surface area (Å²) in [5.74, 6) is 0.748. The van der Waals surface area contributed by atoms with Crippen LogP contribution in [0.4, 0.5) is 0 Å². The normalized spacial score (nSPS) is 17.0. The van der Waals surface area contributed by atoms with E-state index in [4.69, 9.17) is 4.74 Å². The van der Waals surface area contributed by atoms with Crippen molar-refractivity contribution in [2.75, 3.05) is 51.6 Å². The number of hydrogen-bond donors (Lipinski definition) is 2. The molecule has 0 radical (unpaired) electrons. The molecule has 0 amide bonds. The number of rotatable bonds is 10. The lowest BCUT2D eigenvalue weighted by molar-refractivity contribution is 0.0415. The molecule has 1 aliphatic rings. The van der Waals surface area contributed by atoms with Crippen LogP contribution in [0.15, 0.2) is 4.99 Å². The number of halogens is 1. The van der Waals surface area contributed by atoms with Crippen LogP contribution in [0.5, 0.6) is 0 Å². The summed E-state index contributed by atoms with van der Waals surface area (Å²) in [7, 11) is -3.30. The standard InChI is InChI=1S/C18H38N4O4S.HI/c1-6-18(23,7-2)15-20-17(19-8-3)21-9-11-22(12-10-21)27(24,25)14-13-26-16(4)5;/h16,23H,6-15H2,1-5H3,(H,19,20);1H. The topological polar surface area (TPSA) is 94.5 Å². The molecule has 8 nitrogen and oxygen atoms in total. The highest BCUT2D eigenvalue weighted by molar-refractivity contribution is 14.0. The molecule has 10 heteroatoms. The van der Waals surface area contributed by atoms with E-state index in [-0.39, 0.29) is 42.4 Å². The van der Waals surface area contributed by atoms with Crippen molar-refractivity contribution in [3.8, 4) is 0 Å². The van der Waals surface area contributed by atoms with Gasteiger partial charge in [-0.15, -0.1) is 24.0 Å². The maximum atomic E-state index is 12.5. The van der Waals surface area contributed by atoms with Gasteiger partial charge < -0.3 is 20.1 Å². The molecule has 28 heavy (non-hydrogen) atoms. The number of sulfonamides is 1. The van der Waals surface area contributed by atoms with Gasteiger partial charge in [0.1, 0.15) is 0 Å². The van der Waals surface area contributed by atoms with Crippen LogP contribution in [0.1, 0.15) is 47.5 Å². The van der Waals surface area contributed by atoms with Crippen molar-refractivity contribution < 1.29 is 18.3 Å². The quantitative estimate of drug-likeness (QED) is 0.251. The third kappa shape index (κ3) is 9.10. The molecular weight excluding hydrogens is 495 g/mol. The summed E-state index contributed by atoms with van der Waals surface area (Å²) in [5, 5.41) is 13.7. The zero-order chi connectivity index (χ0) is 20.5. The van der Waals surface area contributed by atoms with Crippen LogP contribution in [0.25, 0.3) is 0 Å². The molecule has 0 aliphatic carbocycles. The fourth-order valence-electron chi connectivity index (χ4n) is 2.82. The fraction of sp³-hybridized carbons (Fsp3) is 0.944. The summed E-state index contributed by atoms with van der Waals surface area (Å²) in [6.07, 6.45) is 1.33. The fourth-order valence-corrected chi connectivity index (χ4v) is 4.10. The van der Waals surface area contributed by atoms with Gasteiger partial charge in [-0.2, -0.15) is 4.31 Å². The van der Waals surface area contributed by atoms with Gasteiger partial charge in [0.05, 0.1) is 30.6 Å². The van der Waals surface area contributed by atoms with Crippen molar-refractivity contribution in [2.45, 2.75) is 59.2 Å². The Bertz CT molecular complexity index is 560. The van der Waals surface area contributed by atoms with Gasteiger partial charge in [0, 0.05) is 32.7 Å². The van der Waals surface area contributed by atoms with Gasteiger partial charge >= 0.3 is 0 Å². The lowest BCUT2D eigenvalue weighted by atomic mass is 9.98. The van der Waals surface area contributed by atoms with Crippen LogP contribution in [0.2, 0.25) is 0 Å². The Kier molecular flexibility index (Phi) is 13.1. The first kappa shape index (κ1) is 27.8. The van der Waals surface area contributed by atoms with Gasteiger partial charge in [0.2, 0.25) is 10.0 Å². The molecule has 0 atom stereocenters. The average Bonchev–Trinajstić information content (AvgIpc) is 2.64. The monoisotopic (exact) mass is 534 g/mol. The SMILES string of the molecule is CCNC(=NCC(O)(CC)CC)N1CCN(S(=O)(=O)CCOC(C)C)CC1.I. The Morgan fingerprint density at radius 2 is 1.75 bits per heavy atom. The number of nitrogens with zero attached hydrogens (tertiary/aromatic N) is 3. The number of aliphatic imine (C=N–C) groups is 1. The number of guanidine groups is 1. The van der Waals surface area contributed by atoms with Gasteiger partial charge in [-0.05, 0) is 33.6 Å². The van der Waals surface area contributed by atoms with Gasteiger partial charge in [-0.1, -0.05) is 13.8 Å². The minimum Gasteiger partial charge on any atom is -0.388 e. The Morgan fingerprint density at radius 3 is 2.21 bits per heavy atom. The summed E-state index contributed by atoms with van der Waals surface area (Å²) in [4.78, 5) is 6.66. The van der Waals surface area contributed by atoms with Crippen LogP contribution in [-0.4, -0.2) is 92.0 Å². The molecule has 0 saturated carbocycles. The third-order valence-electron chi connectivity index (χ3n) is 4.90. The van der Waals surface area contributed by atoms with Crippen molar-refractivity contribution in [3.63, 3.8) is 0 Å². The third-order valence-corrected chi connectivity index (χ3v) is 6.73. The molecule has 1 saturated heterocycles. The molecule has 0 spiro atoms. The largest absolute Gasteiger partial charge is 0.388 e. The smallest absolute Gasteiger partial charge is 0.216 e. The molecule has 0 aromatic carbocycles. The Labute approximate surface area is 188 Å². The maximum Gasteiger partial charge on any atom is 0.216 e. The highest BCUT2D eigenvalue weighted by Crippen LogP contribution is 2.15. The maximum absolute atomic E-state index is 12.5. The van der Waals surface area contributed by atoms with Crippen molar-refractivity contribution in [1.29, 1.82) is 0 Å². The average molecular weight is 535 g/mol. The first-order chi connectivity index (χ1) is 12.7. The summed E-state index contributed by atoms with van der Waals surface area (Å²) in [5.41, 5.74) is -0.789. The molecule has 168 valence electrons. The van der Waals surface area contributed by atoms with E-state index in [0.717, 1.165) is 12.5 Å². The number of aliphatic hydroxyl groups is 1. The lowest BCUT2D eigenvalue weighted by Crippen LogP contribution is -2.54. The molecule has 1 aliphatic heterocycles. The zero-order valence-electron chi connectivity index (χ0n) is 18.0. The van der Waals surface area contributed by atoms with Crippen molar-refractivity contribution in [2.24, 2.45) is 4.99 Å². The zero-order valence-corrected chi connectivity index (χ0v) is 21.1. The van der Waals surface area contributed by atoms with Crippen molar-refractivity contribution in [1.82, 2.24) is 14.5 Å².